The Morgan fingerprint density at radius 2 is 2.00 bits per heavy atom. The van der Waals surface area contributed by atoms with Gasteiger partial charge in [0.15, 0.2) is 0 Å². The number of hydrogen-bond acceptors (Lipinski definition) is 2. The number of nitrogens with zero attached hydrogens (tertiary/aromatic N) is 2. The van der Waals surface area contributed by atoms with Gasteiger partial charge in [0.25, 0.3) is 5.91 Å². The van der Waals surface area contributed by atoms with Crippen LogP contribution < -0.4 is 5.32 Å². The lowest BCUT2D eigenvalue weighted by Crippen LogP contribution is -2.27. The molecule has 1 amide bonds. The van der Waals surface area contributed by atoms with Crippen molar-refractivity contribution >= 4 is 5.91 Å². The zero-order chi connectivity index (χ0) is 14.5. The Bertz CT molecular complexity index is 573. The summed E-state index contributed by atoms with van der Waals surface area (Å²) in [6.07, 6.45) is 1.65. The summed E-state index contributed by atoms with van der Waals surface area (Å²) in [5.41, 5.74) is 2.73. The molecular weight excluding hydrogens is 250 g/mol. The highest BCUT2D eigenvalue weighted by Gasteiger charge is 2.14. The van der Waals surface area contributed by atoms with E-state index in [1.165, 1.54) is 5.56 Å². The molecule has 20 heavy (non-hydrogen) atoms. The van der Waals surface area contributed by atoms with E-state index in [9.17, 15) is 4.79 Å². The van der Waals surface area contributed by atoms with Gasteiger partial charge >= 0.3 is 0 Å². The molecule has 4 heteroatoms. The molecule has 1 N–H and O–H groups in total. The monoisotopic (exact) mass is 271 g/mol. The molecular formula is C16H21N3O. The smallest absolute Gasteiger partial charge is 0.254 e. The van der Waals surface area contributed by atoms with E-state index >= 15 is 0 Å². The maximum Gasteiger partial charge on any atom is 0.254 e. The average molecular weight is 271 g/mol. The topological polar surface area (TPSA) is 46.9 Å². The summed E-state index contributed by atoms with van der Waals surface area (Å²) in [6.45, 7) is 7.45. The van der Waals surface area contributed by atoms with Gasteiger partial charge in [-0.1, -0.05) is 44.2 Å². The van der Waals surface area contributed by atoms with E-state index < -0.39 is 0 Å². The van der Waals surface area contributed by atoms with E-state index in [0.717, 1.165) is 5.69 Å². The molecule has 0 saturated carbocycles. The van der Waals surface area contributed by atoms with Crippen molar-refractivity contribution in [2.75, 3.05) is 6.54 Å². The second kappa shape index (κ2) is 6.37. The first kappa shape index (κ1) is 14.3. The van der Waals surface area contributed by atoms with Crippen LogP contribution in [0.15, 0.2) is 36.5 Å². The number of carbonyl (C=O) groups is 1. The lowest BCUT2D eigenvalue weighted by Gasteiger charge is -2.08. The van der Waals surface area contributed by atoms with Gasteiger partial charge in [-0.05, 0) is 18.4 Å². The van der Waals surface area contributed by atoms with Gasteiger partial charge in [0.1, 0.15) is 0 Å². The van der Waals surface area contributed by atoms with Crippen LogP contribution in [0, 0.1) is 12.8 Å². The van der Waals surface area contributed by atoms with Gasteiger partial charge < -0.3 is 5.32 Å². The fourth-order valence-electron chi connectivity index (χ4n) is 1.98. The summed E-state index contributed by atoms with van der Waals surface area (Å²) in [5, 5.41) is 7.24. The third-order valence-electron chi connectivity index (χ3n) is 3.19. The highest BCUT2D eigenvalue weighted by atomic mass is 16.1. The van der Waals surface area contributed by atoms with Crippen molar-refractivity contribution in [3.63, 3.8) is 0 Å². The van der Waals surface area contributed by atoms with Gasteiger partial charge in [-0.25, -0.2) is 0 Å². The molecule has 0 saturated heterocycles. The zero-order valence-corrected chi connectivity index (χ0v) is 12.3. The Morgan fingerprint density at radius 3 is 2.65 bits per heavy atom. The van der Waals surface area contributed by atoms with Crippen molar-refractivity contribution in [2.24, 2.45) is 5.92 Å². The third kappa shape index (κ3) is 3.47. The maximum atomic E-state index is 12.1. The Morgan fingerprint density at radius 1 is 1.30 bits per heavy atom. The second-order valence-electron chi connectivity index (χ2n) is 5.39. The molecule has 1 heterocycles. The number of rotatable bonds is 5. The number of nitrogens with one attached hydrogen (secondary N) is 1. The molecule has 0 fully saturated rings. The predicted molar refractivity (Wildman–Crippen MR) is 79.7 cm³/mol. The van der Waals surface area contributed by atoms with Crippen molar-refractivity contribution in [3.05, 3.63) is 53.3 Å². The summed E-state index contributed by atoms with van der Waals surface area (Å²) in [6, 6.07) is 10.1. The summed E-state index contributed by atoms with van der Waals surface area (Å²) in [4.78, 5) is 12.1. The number of carbonyl (C=O) groups excluding carboxylic acids is 1. The number of benzene rings is 1. The van der Waals surface area contributed by atoms with Crippen molar-refractivity contribution in [3.8, 4) is 0 Å². The quantitative estimate of drug-likeness (QED) is 0.908. The Hall–Kier alpha value is -2.10. The fourth-order valence-corrected chi connectivity index (χ4v) is 1.98. The number of aromatic nitrogens is 2. The third-order valence-corrected chi connectivity index (χ3v) is 3.19. The molecule has 106 valence electrons. The normalized spacial score (nSPS) is 10.8. The zero-order valence-electron chi connectivity index (χ0n) is 12.3. The fraction of sp³-hybridized carbons (Fsp3) is 0.375. The first-order chi connectivity index (χ1) is 9.58. The van der Waals surface area contributed by atoms with Crippen LogP contribution in [0.2, 0.25) is 0 Å². The molecule has 0 spiro atoms. The van der Waals surface area contributed by atoms with Crippen LogP contribution in [-0.2, 0) is 6.54 Å². The molecule has 0 aliphatic carbocycles. The SMILES string of the molecule is Cc1c(C(=O)NCC(C)C)cnn1Cc1ccccc1. The second-order valence-corrected chi connectivity index (χ2v) is 5.39. The van der Waals surface area contributed by atoms with Crippen LogP contribution in [0.1, 0.15) is 35.5 Å². The molecule has 0 atom stereocenters. The molecule has 0 unspecified atom stereocenters. The van der Waals surface area contributed by atoms with Gasteiger partial charge in [-0.3, -0.25) is 9.48 Å². The highest BCUT2D eigenvalue weighted by molar-refractivity contribution is 5.95. The van der Waals surface area contributed by atoms with Crippen LogP contribution in [0.25, 0.3) is 0 Å². The number of hydrogen-bond donors (Lipinski definition) is 1. The molecule has 0 aliphatic rings. The van der Waals surface area contributed by atoms with E-state index in [2.05, 4.69) is 36.4 Å². The van der Waals surface area contributed by atoms with Crippen LogP contribution in [0.3, 0.4) is 0 Å². The molecule has 0 bridgehead atoms. The van der Waals surface area contributed by atoms with E-state index in [1.54, 1.807) is 6.20 Å². The Labute approximate surface area is 119 Å². The largest absolute Gasteiger partial charge is 0.352 e. The van der Waals surface area contributed by atoms with Crippen LogP contribution in [0.5, 0.6) is 0 Å². The molecule has 0 radical (unpaired) electrons. The van der Waals surface area contributed by atoms with Crippen molar-refractivity contribution in [1.29, 1.82) is 0 Å². The highest BCUT2D eigenvalue weighted by Crippen LogP contribution is 2.10. The minimum absolute atomic E-state index is 0.0458. The average Bonchev–Trinajstić information content (AvgIpc) is 2.79. The lowest BCUT2D eigenvalue weighted by atomic mass is 10.2. The molecule has 1 aromatic carbocycles. The number of amides is 1. The van der Waals surface area contributed by atoms with E-state index in [0.29, 0.717) is 24.6 Å². The van der Waals surface area contributed by atoms with Gasteiger partial charge in [-0.2, -0.15) is 5.10 Å². The molecule has 2 rings (SSSR count). The predicted octanol–water partition coefficient (Wildman–Crippen LogP) is 2.63. The van der Waals surface area contributed by atoms with Gasteiger partial charge in [-0.15, -0.1) is 0 Å². The lowest BCUT2D eigenvalue weighted by molar-refractivity contribution is 0.0948. The summed E-state index contributed by atoms with van der Waals surface area (Å²) >= 11 is 0. The summed E-state index contributed by atoms with van der Waals surface area (Å²) in [7, 11) is 0. The van der Waals surface area contributed by atoms with E-state index in [-0.39, 0.29) is 5.91 Å². The van der Waals surface area contributed by atoms with E-state index in [4.69, 9.17) is 0 Å². The van der Waals surface area contributed by atoms with Gasteiger partial charge in [0, 0.05) is 12.2 Å². The first-order valence-electron chi connectivity index (χ1n) is 6.92. The summed E-state index contributed by atoms with van der Waals surface area (Å²) < 4.78 is 1.86. The molecule has 4 nitrogen and oxygen atoms in total. The Kier molecular flexibility index (Phi) is 4.56. The van der Waals surface area contributed by atoms with Crippen molar-refractivity contribution in [2.45, 2.75) is 27.3 Å². The van der Waals surface area contributed by atoms with Crippen molar-refractivity contribution in [1.82, 2.24) is 15.1 Å². The maximum absolute atomic E-state index is 12.1. The van der Waals surface area contributed by atoms with Crippen LogP contribution >= 0.6 is 0 Å². The Balaban J connectivity index is 2.09. The van der Waals surface area contributed by atoms with E-state index in [1.807, 2.05) is 29.8 Å². The molecule has 1 aromatic heterocycles. The molecule has 2 aromatic rings. The van der Waals surface area contributed by atoms with Gasteiger partial charge in [0.05, 0.1) is 18.3 Å². The standard InChI is InChI=1S/C16H21N3O/c1-12(2)9-17-16(20)15-10-18-19(13(15)3)11-14-7-5-4-6-8-14/h4-8,10,12H,9,11H2,1-3H3,(H,17,20). The van der Waals surface area contributed by atoms with Gasteiger partial charge in [0.2, 0.25) is 0 Å². The minimum Gasteiger partial charge on any atom is -0.352 e. The van der Waals surface area contributed by atoms with Crippen LogP contribution in [0.4, 0.5) is 0 Å². The van der Waals surface area contributed by atoms with Crippen molar-refractivity contribution < 1.29 is 4.79 Å². The summed E-state index contributed by atoms with van der Waals surface area (Å²) in [5.74, 6) is 0.397. The first-order valence-corrected chi connectivity index (χ1v) is 6.92. The molecule has 0 aliphatic heterocycles. The minimum atomic E-state index is -0.0458. The van der Waals surface area contributed by atoms with Crippen LogP contribution in [-0.4, -0.2) is 22.2 Å².